The van der Waals surface area contributed by atoms with Crippen LogP contribution in [0.3, 0.4) is 0 Å². The zero-order chi connectivity index (χ0) is 16.4. The third-order valence-electron chi connectivity index (χ3n) is 3.31. The lowest BCUT2D eigenvalue weighted by Gasteiger charge is -2.09. The van der Waals surface area contributed by atoms with Crippen molar-refractivity contribution in [1.82, 2.24) is 0 Å². The van der Waals surface area contributed by atoms with Gasteiger partial charge in [0.15, 0.2) is 17.3 Å². The number of carbonyl (C=O) groups excluding carboxylic acids is 2. The quantitative estimate of drug-likeness (QED) is 0.693. The molecule has 1 aromatic heterocycles. The van der Waals surface area contributed by atoms with E-state index in [2.05, 4.69) is 5.32 Å². The van der Waals surface area contributed by atoms with Crippen LogP contribution in [0.25, 0.3) is 6.08 Å². The molecule has 6 nitrogen and oxygen atoms in total. The van der Waals surface area contributed by atoms with Crippen molar-refractivity contribution in [2.45, 2.75) is 13.8 Å². The van der Waals surface area contributed by atoms with Crippen LogP contribution in [0.2, 0.25) is 0 Å². The predicted octanol–water partition coefficient (Wildman–Crippen LogP) is 3.17. The van der Waals surface area contributed by atoms with Crippen molar-refractivity contribution in [3.05, 3.63) is 47.4 Å². The van der Waals surface area contributed by atoms with E-state index < -0.39 is 0 Å². The Morgan fingerprint density at radius 2 is 1.91 bits per heavy atom. The van der Waals surface area contributed by atoms with Crippen LogP contribution in [0.1, 0.15) is 28.8 Å². The second-order valence-corrected chi connectivity index (χ2v) is 5.08. The van der Waals surface area contributed by atoms with Crippen molar-refractivity contribution < 1.29 is 23.5 Å². The summed E-state index contributed by atoms with van der Waals surface area (Å²) in [6, 6.07) is 6.73. The van der Waals surface area contributed by atoms with Gasteiger partial charge in [0.25, 0.3) is 0 Å². The summed E-state index contributed by atoms with van der Waals surface area (Å²) in [5.74, 6) is 1.78. The van der Waals surface area contributed by atoms with Gasteiger partial charge in [-0.3, -0.25) is 9.59 Å². The molecular formula is C17H15NO5. The first kappa shape index (κ1) is 14.9. The van der Waals surface area contributed by atoms with Crippen molar-refractivity contribution in [3.8, 4) is 11.5 Å². The van der Waals surface area contributed by atoms with E-state index in [0.717, 1.165) is 5.76 Å². The van der Waals surface area contributed by atoms with Crippen molar-refractivity contribution in [3.63, 3.8) is 0 Å². The van der Waals surface area contributed by atoms with E-state index in [1.807, 2.05) is 13.0 Å². The highest BCUT2D eigenvalue weighted by atomic mass is 16.7. The zero-order valence-corrected chi connectivity index (χ0v) is 12.7. The molecule has 1 amide bonds. The highest BCUT2D eigenvalue weighted by molar-refractivity contribution is 6.08. The number of anilines is 1. The van der Waals surface area contributed by atoms with Gasteiger partial charge in [-0.25, -0.2) is 0 Å². The van der Waals surface area contributed by atoms with Gasteiger partial charge in [0.2, 0.25) is 12.7 Å². The molecule has 1 N–H and O–H groups in total. The van der Waals surface area contributed by atoms with Gasteiger partial charge in [-0.05, 0) is 38.1 Å². The molecule has 0 fully saturated rings. The molecule has 6 heteroatoms. The highest BCUT2D eigenvalue weighted by Gasteiger charge is 2.19. The summed E-state index contributed by atoms with van der Waals surface area (Å²) in [7, 11) is 0. The average molecular weight is 313 g/mol. The van der Waals surface area contributed by atoms with Crippen LogP contribution in [0.15, 0.2) is 34.8 Å². The number of aryl methyl sites for hydroxylation is 1. The minimum Gasteiger partial charge on any atom is -0.462 e. The zero-order valence-electron chi connectivity index (χ0n) is 12.7. The smallest absolute Gasteiger partial charge is 0.248 e. The van der Waals surface area contributed by atoms with E-state index in [1.165, 1.54) is 13.0 Å². The SMILES string of the molecule is CC(=O)c1cc2c(cc1NC(=O)C=Cc1ccc(C)o1)OCO2. The number of hydrogen-bond acceptors (Lipinski definition) is 5. The number of carbonyl (C=O) groups is 2. The van der Waals surface area contributed by atoms with Crippen LogP contribution >= 0.6 is 0 Å². The Balaban J connectivity index is 1.80. The second-order valence-electron chi connectivity index (χ2n) is 5.08. The van der Waals surface area contributed by atoms with Gasteiger partial charge in [-0.15, -0.1) is 0 Å². The van der Waals surface area contributed by atoms with Crippen LogP contribution in [0.5, 0.6) is 11.5 Å². The molecule has 0 bridgehead atoms. The predicted molar refractivity (Wildman–Crippen MR) is 83.7 cm³/mol. The maximum absolute atomic E-state index is 12.0. The third-order valence-corrected chi connectivity index (χ3v) is 3.31. The van der Waals surface area contributed by atoms with Crippen LogP contribution < -0.4 is 14.8 Å². The standard InChI is InChI=1S/C17H15NO5/c1-10-3-4-12(23-10)5-6-17(20)18-14-8-16-15(21-9-22-16)7-13(14)11(2)19/h3-8H,9H2,1-2H3,(H,18,20). The number of benzene rings is 1. The van der Waals surface area contributed by atoms with Gasteiger partial charge in [-0.2, -0.15) is 0 Å². The topological polar surface area (TPSA) is 77.8 Å². The fourth-order valence-electron chi connectivity index (χ4n) is 2.21. The summed E-state index contributed by atoms with van der Waals surface area (Å²) in [6.07, 6.45) is 2.90. The van der Waals surface area contributed by atoms with Crippen LogP contribution in [-0.2, 0) is 4.79 Å². The summed E-state index contributed by atoms with van der Waals surface area (Å²) in [6.45, 7) is 3.35. The minimum absolute atomic E-state index is 0.0990. The van der Waals surface area contributed by atoms with Crippen LogP contribution in [-0.4, -0.2) is 18.5 Å². The maximum atomic E-state index is 12.0. The van der Waals surface area contributed by atoms with Crippen molar-refractivity contribution >= 4 is 23.5 Å². The number of fused-ring (bicyclic) bond motifs is 1. The monoisotopic (exact) mass is 313 g/mol. The molecule has 0 radical (unpaired) electrons. The number of rotatable bonds is 4. The molecule has 0 aliphatic carbocycles. The molecule has 2 heterocycles. The van der Waals surface area contributed by atoms with E-state index >= 15 is 0 Å². The Bertz CT molecular complexity index is 803. The number of nitrogens with one attached hydrogen (secondary N) is 1. The first-order chi connectivity index (χ1) is 11.0. The lowest BCUT2D eigenvalue weighted by Crippen LogP contribution is -2.11. The molecule has 1 aliphatic heterocycles. The van der Waals surface area contributed by atoms with E-state index in [9.17, 15) is 9.59 Å². The van der Waals surface area contributed by atoms with Gasteiger partial charge in [0.1, 0.15) is 11.5 Å². The van der Waals surface area contributed by atoms with Gasteiger partial charge in [-0.1, -0.05) is 0 Å². The summed E-state index contributed by atoms with van der Waals surface area (Å²) in [5, 5.41) is 2.67. The minimum atomic E-state index is -0.375. The average Bonchev–Trinajstić information content (AvgIpc) is 3.12. The molecule has 0 saturated heterocycles. The van der Waals surface area contributed by atoms with Crippen molar-refractivity contribution in [1.29, 1.82) is 0 Å². The van der Waals surface area contributed by atoms with Crippen molar-refractivity contribution in [2.75, 3.05) is 12.1 Å². The number of furan rings is 1. The van der Waals surface area contributed by atoms with Gasteiger partial charge in [0.05, 0.1) is 5.69 Å². The second kappa shape index (κ2) is 6.00. The summed E-state index contributed by atoms with van der Waals surface area (Å²) in [4.78, 5) is 23.8. The first-order valence-electron chi connectivity index (χ1n) is 7.03. The Morgan fingerprint density at radius 3 is 2.57 bits per heavy atom. The largest absolute Gasteiger partial charge is 0.462 e. The van der Waals surface area contributed by atoms with E-state index in [-0.39, 0.29) is 18.5 Å². The fourth-order valence-corrected chi connectivity index (χ4v) is 2.21. The molecule has 0 unspecified atom stereocenters. The number of Topliss-reactive ketones (excluding diaryl/α,β-unsaturated/α-hetero) is 1. The molecule has 118 valence electrons. The Morgan fingerprint density at radius 1 is 1.17 bits per heavy atom. The number of ketones is 1. The van der Waals surface area contributed by atoms with E-state index in [4.69, 9.17) is 13.9 Å². The molecule has 1 aromatic carbocycles. The Labute approximate surface area is 132 Å². The summed E-state index contributed by atoms with van der Waals surface area (Å²) >= 11 is 0. The normalized spacial score (nSPS) is 12.6. The maximum Gasteiger partial charge on any atom is 0.248 e. The molecule has 2 aromatic rings. The van der Waals surface area contributed by atoms with Crippen LogP contribution in [0.4, 0.5) is 5.69 Å². The molecular weight excluding hydrogens is 298 g/mol. The lowest BCUT2D eigenvalue weighted by atomic mass is 10.1. The molecule has 23 heavy (non-hydrogen) atoms. The summed E-state index contributed by atoms with van der Waals surface area (Å²) in [5.41, 5.74) is 0.747. The molecule has 1 aliphatic rings. The first-order valence-corrected chi connectivity index (χ1v) is 7.03. The van der Waals surface area contributed by atoms with E-state index in [1.54, 1.807) is 24.3 Å². The fraction of sp³-hybridized carbons (Fsp3) is 0.176. The Hall–Kier alpha value is -3.02. The Kier molecular flexibility index (Phi) is 3.89. The molecule has 3 rings (SSSR count). The third kappa shape index (κ3) is 3.26. The molecule has 0 atom stereocenters. The van der Waals surface area contributed by atoms with Gasteiger partial charge < -0.3 is 19.2 Å². The number of hydrogen-bond donors (Lipinski definition) is 1. The lowest BCUT2D eigenvalue weighted by molar-refractivity contribution is -0.111. The van der Waals surface area contributed by atoms with E-state index in [0.29, 0.717) is 28.5 Å². The highest BCUT2D eigenvalue weighted by Crippen LogP contribution is 2.37. The van der Waals surface area contributed by atoms with Crippen LogP contribution in [0, 0.1) is 6.92 Å². The van der Waals surface area contributed by atoms with Gasteiger partial charge in [0, 0.05) is 17.7 Å². The molecule has 0 spiro atoms. The molecule has 0 saturated carbocycles. The van der Waals surface area contributed by atoms with Crippen molar-refractivity contribution in [2.24, 2.45) is 0 Å². The number of amides is 1. The van der Waals surface area contributed by atoms with Gasteiger partial charge >= 0.3 is 0 Å². The summed E-state index contributed by atoms with van der Waals surface area (Å²) < 4.78 is 15.9. The number of ether oxygens (including phenoxy) is 2.